The molecule has 0 unspecified atom stereocenters. The van der Waals surface area contributed by atoms with Crippen LogP contribution in [0.25, 0.3) is 0 Å². The molecule has 2 N–H and O–H groups in total. The number of ether oxygens (including phenoxy) is 1. The molecule has 42 heavy (non-hydrogen) atoms. The van der Waals surface area contributed by atoms with Gasteiger partial charge in [0.2, 0.25) is 0 Å². The highest BCUT2D eigenvalue weighted by Gasteiger charge is 2.71. The van der Waals surface area contributed by atoms with Crippen LogP contribution in [0.5, 0.6) is 0 Å². The van der Waals surface area contributed by atoms with Crippen LogP contribution < -0.4 is 0 Å². The van der Waals surface area contributed by atoms with Crippen LogP contribution in [-0.2, 0) is 18.8 Å². The van der Waals surface area contributed by atoms with Gasteiger partial charge in [0.25, 0.3) is 0 Å². The number of esters is 1. The Hall–Kier alpha value is -0.993. The molecule has 236 valence electrons. The smallest absolute Gasteiger partial charge is 0.336 e. The number of hydrogen-bond donors (Lipinski definition) is 2. The minimum atomic E-state index is -1.99. The Morgan fingerprint density at radius 3 is 2.45 bits per heavy atom. The number of alkyl halides is 1. The lowest BCUT2D eigenvalue weighted by molar-refractivity contribution is -0.215. The minimum absolute atomic E-state index is 0.0297. The fraction of sp³-hybridized carbons (Fsp3) is 0.824. The molecule has 5 aliphatic rings. The van der Waals surface area contributed by atoms with Crippen molar-refractivity contribution in [1.82, 2.24) is 0 Å². The van der Waals surface area contributed by atoms with Gasteiger partial charge in [-0.2, -0.15) is 0 Å². The second kappa shape index (κ2) is 10.5. The van der Waals surface area contributed by atoms with E-state index in [1.165, 1.54) is 12.2 Å². The lowest BCUT2D eigenvalue weighted by Crippen LogP contribution is -2.72. The summed E-state index contributed by atoms with van der Waals surface area (Å²) in [5, 5.41) is 22.0. The molecule has 0 radical (unpaired) electrons. The van der Waals surface area contributed by atoms with Gasteiger partial charge in [0.1, 0.15) is 17.8 Å². The van der Waals surface area contributed by atoms with Crippen LogP contribution in [0.4, 0.5) is 0 Å². The number of halogens is 1. The number of hydrogen-bond acceptors (Lipinski definition) is 6. The first-order valence-electron chi connectivity index (χ1n) is 16.1. The van der Waals surface area contributed by atoms with Crippen molar-refractivity contribution in [3.63, 3.8) is 0 Å². The Morgan fingerprint density at radius 1 is 1.17 bits per heavy atom. The van der Waals surface area contributed by atoms with Crippen LogP contribution >= 0.6 is 11.6 Å². The van der Waals surface area contributed by atoms with Gasteiger partial charge in [0.15, 0.2) is 14.1 Å². The largest absolute Gasteiger partial charge is 0.458 e. The number of aliphatic hydroxyl groups is 2. The van der Waals surface area contributed by atoms with E-state index in [1.807, 2.05) is 6.92 Å². The molecule has 1 aliphatic heterocycles. The van der Waals surface area contributed by atoms with E-state index >= 15 is 0 Å². The van der Waals surface area contributed by atoms with Gasteiger partial charge in [0, 0.05) is 6.42 Å². The summed E-state index contributed by atoms with van der Waals surface area (Å²) >= 11 is 6.92. The lowest BCUT2D eigenvalue weighted by Gasteiger charge is -2.64. The third-order valence-electron chi connectivity index (χ3n) is 13.6. The van der Waals surface area contributed by atoms with Gasteiger partial charge < -0.3 is 19.4 Å². The molecule has 0 saturated heterocycles. The van der Waals surface area contributed by atoms with E-state index in [1.54, 1.807) is 0 Å². The first kappa shape index (κ1) is 32.4. The summed E-state index contributed by atoms with van der Waals surface area (Å²) in [6.07, 6.45) is 6.73. The molecule has 0 aromatic carbocycles. The monoisotopic (exact) mass is 620 g/mol. The lowest BCUT2D eigenvalue weighted by atomic mass is 9.43. The fourth-order valence-electron chi connectivity index (χ4n) is 9.70. The number of carbonyl (C=O) groups excluding carboxylic acids is 2. The highest BCUT2D eigenvalue weighted by Crippen LogP contribution is 2.69. The van der Waals surface area contributed by atoms with Gasteiger partial charge in [0.05, 0.1) is 23.0 Å². The van der Waals surface area contributed by atoms with E-state index in [9.17, 15) is 19.8 Å². The van der Waals surface area contributed by atoms with Crippen molar-refractivity contribution >= 4 is 31.7 Å². The average molecular weight is 621 g/mol. The van der Waals surface area contributed by atoms with Crippen LogP contribution in [0.2, 0.25) is 18.1 Å². The second-order valence-corrected chi connectivity index (χ2v) is 21.7. The van der Waals surface area contributed by atoms with E-state index in [-0.39, 0.29) is 46.1 Å². The van der Waals surface area contributed by atoms with Gasteiger partial charge >= 0.3 is 5.97 Å². The van der Waals surface area contributed by atoms with E-state index in [2.05, 4.69) is 54.6 Å². The molecular formula is C34H53ClO6Si. The molecule has 5 rings (SSSR count). The molecule has 11 atom stereocenters. The van der Waals surface area contributed by atoms with Gasteiger partial charge in [-0.05, 0) is 111 Å². The van der Waals surface area contributed by atoms with Gasteiger partial charge in [-0.3, -0.25) is 4.79 Å². The normalized spacial score (nSPS) is 44.8. The zero-order chi connectivity index (χ0) is 31.2. The quantitative estimate of drug-likeness (QED) is 0.205. The number of ketones is 1. The maximum atomic E-state index is 13.4. The molecule has 0 aromatic heterocycles. The third-order valence-corrected chi connectivity index (χ3v) is 18.6. The number of fused-ring (bicyclic) bond motifs is 5. The van der Waals surface area contributed by atoms with Crippen molar-refractivity contribution in [2.45, 2.75) is 128 Å². The molecule has 0 bridgehead atoms. The SMILES string of the molecule is CC1=C(CO[Si](C)(C)C(C)(C)C)C(=O)O[C@@H]([C@@H](C)[C@H]2CC[C@H]3[C@@H]4C[C@H](Cl)[C@]5(O)[C@@H](O)C=CC(=O)[C@]5(C)[C@H]4CC[C@]23C)C1. The van der Waals surface area contributed by atoms with Gasteiger partial charge in [-0.15, -0.1) is 11.6 Å². The predicted molar refractivity (Wildman–Crippen MR) is 168 cm³/mol. The number of rotatable bonds is 5. The van der Waals surface area contributed by atoms with E-state index in [4.69, 9.17) is 20.8 Å². The van der Waals surface area contributed by atoms with Crippen molar-refractivity contribution in [2.75, 3.05) is 6.61 Å². The van der Waals surface area contributed by atoms with Crippen molar-refractivity contribution in [1.29, 1.82) is 0 Å². The van der Waals surface area contributed by atoms with Crippen LogP contribution in [0.1, 0.15) is 87.0 Å². The summed E-state index contributed by atoms with van der Waals surface area (Å²) in [6.45, 7) is 19.9. The summed E-state index contributed by atoms with van der Waals surface area (Å²) in [5.41, 5.74) is -0.969. The molecule has 0 amide bonds. The van der Waals surface area contributed by atoms with E-state index < -0.39 is 30.8 Å². The molecule has 8 heteroatoms. The third kappa shape index (κ3) is 4.57. The number of allylic oxidation sites excluding steroid dienone is 1. The average Bonchev–Trinajstić information content (AvgIpc) is 3.24. The van der Waals surface area contributed by atoms with Crippen LogP contribution in [0.15, 0.2) is 23.3 Å². The standard InChI is InChI=1S/C34H53ClO6Si/c1-19-16-26(41-30(38)22(19)18-40-42(8,9)31(3,4)5)20(2)23-10-11-24-21-17-27(35)34(39)29(37)13-12-28(36)33(34,7)25(21)14-15-32(23,24)6/h12-13,20-21,23-27,29,37,39H,10-11,14-18H2,1-9H3/t20-,21-,23+,24-,25-,26+,27-,29-,32+,33-,34-/m0/s1. The van der Waals surface area contributed by atoms with E-state index in [0.717, 1.165) is 37.7 Å². The molecule has 3 fully saturated rings. The summed E-state index contributed by atoms with van der Waals surface area (Å²) in [7, 11) is -1.99. The summed E-state index contributed by atoms with van der Waals surface area (Å²) in [6, 6.07) is 0. The Labute approximate surface area is 258 Å². The first-order valence-corrected chi connectivity index (χ1v) is 19.5. The minimum Gasteiger partial charge on any atom is -0.458 e. The maximum absolute atomic E-state index is 13.4. The zero-order valence-corrected chi connectivity index (χ0v) is 28.9. The number of carbonyl (C=O) groups is 2. The van der Waals surface area contributed by atoms with Gasteiger partial charge in [-0.25, -0.2) is 4.79 Å². The number of aliphatic hydroxyl groups excluding tert-OH is 1. The van der Waals surface area contributed by atoms with Crippen LogP contribution in [0.3, 0.4) is 0 Å². The second-order valence-electron chi connectivity index (χ2n) is 16.3. The molecule has 4 aliphatic carbocycles. The molecule has 0 aromatic rings. The molecule has 6 nitrogen and oxygen atoms in total. The van der Waals surface area contributed by atoms with Crippen molar-refractivity contribution in [2.24, 2.45) is 40.4 Å². The highest BCUT2D eigenvalue weighted by atomic mass is 35.5. The van der Waals surface area contributed by atoms with Crippen molar-refractivity contribution in [3.8, 4) is 0 Å². The van der Waals surface area contributed by atoms with Crippen LogP contribution in [0, 0.1) is 40.4 Å². The van der Waals surface area contributed by atoms with Crippen LogP contribution in [-0.4, -0.2) is 60.1 Å². The molecular weight excluding hydrogens is 568 g/mol. The molecule has 0 spiro atoms. The highest BCUT2D eigenvalue weighted by molar-refractivity contribution is 6.74. The predicted octanol–water partition coefficient (Wildman–Crippen LogP) is 6.58. The topological polar surface area (TPSA) is 93.1 Å². The Morgan fingerprint density at radius 2 is 1.83 bits per heavy atom. The Balaban J connectivity index is 1.34. The van der Waals surface area contributed by atoms with Crippen molar-refractivity contribution < 1.29 is 29.0 Å². The van der Waals surface area contributed by atoms with E-state index in [0.29, 0.717) is 30.4 Å². The number of cyclic esters (lactones) is 1. The fourth-order valence-corrected chi connectivity index (χ4v) is 11.2. The summed E-state index contributed by atoms with van der Waals surface area (Å²) < 4.78 is 12.6. The molecule has 3 saturated carbocycles. The summed E-state index contributed by atoms with van der Waals surface area (Å²) in [4.78, 5) is 26.7. The zero-order valence-electron chi connectivity index (χ0n) is 27.1. The maximum Gasteiger partial charge on any atom is 0.336 e. The Kier molecular flexibility index (Phi) is 8.13. The van der Waals surface area contributed by atoms with Gasteiger partial charge in [-0.1, -0.05) is 40.2 Å². The summed E-state index contributed by atoms with van der Waals surface area (Å²) in [5.74, 6) is 0.767. The Bertz CT molecular complexity index is 1190. The van der Waals surface area contributed by atoms with Crippen molar-refractivity contribution in [3.05, 3.63) is 23.3 Å². The molecule has 1 heterocycles. The first-order chi connectivity index (χ1) is 19.3.